The summed E-state index contributed by atoms with van der Waals surface area (Å²) in [4.78, 5) is 0.345. The molecular weight excluding hydrogens is 260 g/mol. The van der Waals surface area contributed by atoms with Crippen molar-refractivity contribution in [2.45, 2.75) is 0 Å². The van der Waals surface area contributed by atoms with Crippen LogP contribution in [0.2, 0.25) is 0 Å². The van der Waals surface area contributed by atoms with Gasteiger partial charge in [-0.1, -0.05) is 18.2 Å². The quantitative estimate of drug-likeness (QED) is 0.677. The van der Waals surface area contributed by atoms with Crippen LogP contribution in [0.5, 0.6) is 0 Å². The first-order chi connectivity index (χ1) is 7.33. The molecule has 0 aliphatic carbocycles. The third-order valence-corrected chi connectivity index (χ3v) is 2.36. The number of rotatable bonds is 1. The van der Waals surface area contributed by atoms with Gasteiger partial charge >= 0.3 is 0 Å². The summed E-state index contributed by atoms with van der Waals surface area (Å²) in [5.41, 5.74) is 0.807. The molecule has 2 aromatic heterocycles. The Bertz CT molecular complexity index is 581. The van der Waals surface area contributed by atoms with Gasteiger partial charge in [0.1, 0.15) is 5.58 Å². The normalized spacial score (nSPS) is 11.0. The maximum atomic E-state index is 5.55. The molecule has 1 aromatic carbocycles. The van der Waals surface area contributed by atoms with Crippen molar-refractivity contribution in [2.75, 3.05) is 0 Å². The minimum Gasteiger partial charge on any atom is -0.451 e. The predicted octanol–water partition coefficient (Wildman–Crippen LogP) is 3.25. The highest BCUT2D eigenvalue weighted by Gasteiger charge is 2.11. The molecule has 74 valence electrons. The van der Waals surface area contributed by atoms with Gasteiger partial charge < -0.3 is 8.83 Å². The standard InChI is InChI=1S/C10H5BrN2O2/c11-10-13-12-9(15-10)8-5-6-3-1-2-4-7(6)14-8/h1-5H. The Hall–Kier alpha value is -1.62. The summed E-state index contributed by atoms with van der Waals surface area (Å²) < 4.78 is 10.8. The zero-order valence-corrected chi connectivity index (χ0v) is 9.06. The third-order valence-electron chi connectivity index (χ3n) is 2.04. The Morgan fingerprint density at radius 2 is 1.93 bits per heavy atom. The number of benzene rings is 1. The molecule has 0 saturated heterocycles. The van der Waals surface area contributed by atoms with Gasteiger partial charge in [0.05, 0.1) is 0 Å². The number of hydrogen-bond acceptors (Lipinski definition) is 4. The zero-order chi connectivity index (χ0) is 10.3. The van der Waals surface area contributed by atoms with Crippen LogP contribution >= 0.6 is 15.9 Å². The third kappa shape index (κ3) is 1.45. The van der Waals surface area contributed by atoms with E-state index in [0.29, 0.717) is 16.5 Å². The molecule has 3 aromatic rings. The Morgan fingerprint density at radius 3 is 2.67 bits per heavy atom. The van der Waals surface area contributed by atoms with Crippen LogP contribution in [0, 0.1) is 0 Å². The van der Waals surface area contributed by atoms with Crippen molar-refractivity contribution in [3.05, 3.63) is 35.1 Å². The second kappa shape index (κ2) is 3.20. The molecule has 15 heavy (non-hydrogen) atoms. The minimum atomic E-state index is 0.345. The molecule has 4 nitrogen and oxygen atoms in total. The van der Waals surface area contributed by atoms with Gasteiger partial charge in [0.2, 0.25) is 0 Å². The van der Waals surface area contributed by atoms with E-state index in [-0.39, 0.29) is 0 Å². The zero-order valence-electron chi connectivity index (χ0n) is 7.48. The molecule has 0 atom stereocenters. The van der Waals surface area contributed by atoms with Crippen molar-refractivity contribution in [1.29, 1.82) is 0 Å². The molecule has 3 rings (SSSR count). The van der Waals surface area contributed by atoms with Gasteiger partial charge in [-0.05, 0) is 12.1 Å². The molecule has 0 saturated carbocycles. The van der Waals surface area contributed by atoms with Crippen LogP contribution in [0.25, 0.3) is 22.6 Å². The van der Waals surface area contributed by atoms with E-state index >= 15 is 0 Å². The molecule has 0 spiro atoms. The number of hydrogen-bond donors (Lipinski definition) is 0. The highest BCUT2D eigenvalue weighted by molar-refractivity contribution is 9.10. The van der Waals surface area contributed by atoms with E-state index in [1.807, 2.05) is 30.3 Å². The molecule has 2 heterocycles. The maximum Gasteiger partial charge on any atom is 0.285 e. The maximum absolute atomic E-state index is 5.55. The van der Waals surface area contributed by atoms with E-state index < -0.39 is 0 Å². The lowest BCUT2D eigenvalue weighted by atomic mass is 10.2. The van der Waals surface area contributed by atoms with E-state index in [9.17, 15) is 0 Å². The highest BCUT2D eigenvalue weighted by Crippen LogP contribution is 2.27. The van der Waals surface area contributed by atoms with Crippen molar-refractivity contribution in [3.8, 4) is 11.7 Å². The van der Waals surface area contributed by atoms with Gasteiger partial charge in [-0.25, -0.2) is 0 Å². The summed E-state index contributed by atoms with van der Waals surface area (Å²) in [6.07, 6.45) is 0. The lowest BCUT2D eigenvalue weighted by Gasteiger charge is -1.84. The SMILES string of the molecule is Brc1nnc(-c2cc3ccccc3o2)o1. The molecule has 0 unspecified atom stereocenters. The average molecular weight is 265 g/mol. The Labute approximate surface area is 93.0 Å². The van der Waals surface area contributed by atoms with E-state index in [2.05, 4.69) is 26.1 Å². The molecule has 0 bridgehead atoms. The molecule has 0 N–H and O–H groups in total. The second-order valence-corrected chi connectivity index (χ2v) is 3.69. The number of furan rings is 1. The molecule has 0 radical (unpaired) electrons. The summed E-state index contributed by atoms with van der Waals surface area (Å²) >= 11 is 3.09. The fourth-order valence-electron chi connectivity index (χ4n) is 1.39. The summed E-state index contributed by atoms with van der Waals surface area (Å²) in [6.45, 7) is 0. The molecule has 0 aliphatic rings. The Kier molecular flexibility index (Phi) is 1.85. The van der Waals surface area contributed by atoms with Gasteiger partial charge in [0.15, 0.2) is 5.76 Å². The first-order valence-electron chi connectivity index (χ1n) is 4.31. The fourth-order valence-corrected chi connectivity index (χ4v) is 1.62. The number of nitrogens with zero attached hydrogens (tertiary/aromatic N) is 2. The van der Waals surface area contributed by atoms with Gasteiger partial charge in [-0.15, -0.1) is 10.2 Å². The molecule has 5 heteroatoms. The second-order valence-electron chi connectivity index (χ2n) is 3.01. The van der Waals surface area contributed by atoms with Crippen LogP contribution in [-0.4, -0.2) is 10.2 Å². The molecule has 0 fully saturated rings. The number of fused-ring (bicyclic) bond motifs is 1. The monoisotopic (exact) mass is 264 g/mol. The lowest BCUT2D eigenvalue weighted by molar-refractivity contribution is 0.512. The van der Waals surface area contributed by atoms with E-state index in [1.54, 1.807) is 0 Å². The van der Waals surface area contributed by atoms with Crippen molar-refractivity contribution in [3.63, 3.8) is 0 Å². The minimum absolute atomic E-state index is 0.345. The van der Waals surface area contributed by atoms with Gasteiger partial charge in [-0.3, -0.25) is 0 Å². The van der Waals surface area contributed by atoms with Crippen molar-refractivity contribution >= 4 is 26.9 Å². The number of para-hydroxylation sites is 1. The van der Waals surface area contributed by atoms with Crippen LogP contribution in [-0.2, 0) is 0 Å². The molecular formula is C10H5BrN2O2. The number of halogens is 1. The lowest BCUT2D eigenvalue weighted by Crippen LogP contribution is -1.71. The fraction of sp³-hybridized carbons (Fsp3) is 0. The summed E-state index contributed by atoms with van der Waals surface area (Å²) in [6, 6.07) is 9.60. The molecule has 0 amide bonds. The predicted molar refractivity (Wildman–Crippen MR) is 57.2 cm³/mol. The van der Waals surface area contributed by atoms with Crippen LogP contribution in [0.1, 0.15) is 0 Å². The Morgan fingerprint density at radius 1 is 1.07 bits per heavy atom. The van der Waals surface area contributed by atoms with Crippen LogP contribution in [0.15, 0.2) is 44.0 Å². The Balaban J connectivity index is 2.19. The van der Waals surface area contributed by atoms with Crippen LogP contribution in [0.3, 0.4) is 0 Å². The first kappa shape index (κ1) is 8.67. The van der Waals surface area contributed by atoms with Gasteiger partial charge in [0.25, 0.3) is 10.7 Å². The number of aromatic nitrogens is 2. The average Bonchev–Trinajstić information content (AvgIpc) is 2.82. The highest BCUT2D eigenvalue weighted by atomic mass is 79.9. The smallest absolute Gasteiger partial charge is 0.285 e. The summed E-state index contributed by atoms with van der Waals surface area (Å²) in [5, 5.41) is 8.54. The first-order valence-corrected chi connectivity index (χ1v) is 5.10. The van der Waals surface area contributed by atoms with Crippen molar-refractivity contribution < 1.29 is 8.83 Å². The van der Waals surface area contributed by atoms with Crippen LogP contribution < -0.4 is 0 Å². The van der Waals surface area contributed by atoms with E-state index in [0.717, 1.165) is 11.0 Å². The summed E-state index contributed by atoms with van der Waals surface area (Å²) in [5.74, 6) is 0.951. The van der Waals surface area contributed by atoms with E-state index in [1.165, 1.54) is 0 Å². The van der Waals surface area contributed by atoms with Gasteiger partial charge in [-0.2, -0.15) is 0 Å². The van der Waals surface area contributed by atoms with Crippen molar-refractivity contribution in [1.82, 2.24) is 10.2 Å². The molecule has 0 aliphatic heterocycles. The topological polar surface area (TPSA) is 52.1 Å². The van der Waals surface area contributed by atoms with Gasteiger partial charge in [0, 0.05) is 21.3 Å². The van der Waals surface area contributed by atoms with E-state index in [4.69, 9.17) is 8.83 Å². The largest absolute Gasteiger partial charge is 0.451 e. The summed E-state index contributed by atoms with van der Waals surface area (Å²) in [7, 11) is 0. The van der Waals surface area contributed by atoms with Crippen molar-refractivity contribution in [2.24, 2.45) is 0 Å². The van der Waals surface area contributed by atoms with Crippen LogP contribution in [0.4, 0.5) is 0 Å².